The Hall–Kier alpha value is -3.22. The average Bonchev–Trinajstić information content (AvgIpc) is 3.32. The topological polar surface area (TPSA) is 30.2 Å². The van der Waals surface area contributed by atoms with E-state index >= 15 is 0 Å². The first-order chi connectivity index (χ1) is 14.3. The molecule has 0 atom stereocenters. The summed E-state index contributed by atoms with van der Waals surface area (Å²) < 4.78 is 5.34. The maximum Gasteiger partial charge on any atom is 0.194 e. The van der Waals surface area contributed by atoms with Crippen LogP contribution in [0.2, 0.25) is 0 Å². The minimum atomic E-state index is -2.15. The number of hydrogen-bond acceptors (Lipinski definition) is 2. The number of ketones is 1. The van der Waals surface area contributed by atoms with Crippen LogP contribution in [0.1, 0.15) is 5.76 Å². The summed E-state index contributed by atoms with van der Waals surface area (Å²) in [6, 6.07) is 35.0. The molecule has 0 bridgehead atoms. The van der Waals surface area contributed by atoms with Crippen LogP contribution >= 0.6 is 7.26 Å². The van der Waals surface area contributed by atoms with Crippen LogP contribution in [0.5, 0.6) is 0 Å². The molecule has 0 radical (unpaired) electrons. The van der Waals surface area contributed by atoms with E-state index in [1.54, 1.807) is 18.4 Å². The minimum Gasteiger partial charge on any atom is -0.465 e. The highest BCUT2D eigenvalue weighted by Crippen LogP contribution is 2.55. The van der Waals surface area contributed by atoms with E-state index in [-0.39, 0.29) is 5.78 Å². The van der Waals surface area contributed by atoms with E-state index in [2.05, 4.69) is 72.8 Å². The summed E-state index contributed by atoms with van der Waals surface area (Å²) in [5.74, 6) is 0.771. The van der Waals surface area contributed by atoms with Crippen molar-refractivity contribution >= 4 is 35.0 Å². The van der Waals surface area contributed by atoms with Crippen molar-refractivity contribution in [3.63, 3.8) is 0 Å². The highest BCUT2D eigenvalue weighted by atomic mass is 31.2. The van der Waals surface area contributed by atoms with Crippen LogP contribution < -0.4 is 15.9 Å². The molecular weight excluding hydrogens is 375 g/mol. The lowest BCUT2D eigenvalue weighted by Gasteiger charge is -2.26. The van der Waals surface area contributed by atoms with Gasteiger partial charge in [0.05, 0.1) is 6.26 Å². The summed E-state index contributed by atoms with van der Waals surface area (Å²) in [4.78, 5) is 13.2. The molecule has 4 aromatic rings. The fraction of sp³-hybridized carbons (Fsp3) is 0.0385. The Morgan fingerprint density at radius 1 is 0.690 bits per heavy atom. The molecule has 2 nitrogen and oxygen atoms in total. The molecule has 0 aliphatic heterocycles. The Labute approximate surface area is 171 Å². The van der Waals surface area contributed by atoms with Crippen molar-refractivity contribution in [1.82, 2.24) is 0 Å². The predicted molar refractivity (Wildman–Crippen MR) is 123 cm³/mol. The summed E-state index contributed by atoms with van der Waals surface area (Å²) in [6.07, 6.45) is 5.43. The van der Waals surface area contributed by atoms with Crippen LogP contribution in [0.25, 0.3) is 6.08 Å². The number of furan rings is 1. The van der Waals surface area contributed by atoms with Crippen LogP contribution in [-0.4, -0.2) is 11.9 Å². The van der Waals surface area contributed by atoms with E-state index in [1.807, 2.05) is 30.3 Å². The molecule has 0 unspecified atom stereocenters. The van der Waals surface area contributed by atoms with Gasteiger partial charge < -0.3 is 4.42 Å². The van der Waals surface area contributed by atoms with Crippen LogP contribution in [-0.2, 0) is 4.79 Å². The number of benzene rings is 3. The van der Waals surface area contributed by atoms with Gasteiger partial charge >= 0.3 is 0 Å². The molecule has 4 rings (SSSR count). The minimum absolute atomic E-state index is 0.0892. The summed E-state index contributed by atoms with van der Waals surface area (Å²) in [5.41, 5.74) is 0. The molecule has 0 aliphatic rings. The van der Waals surface area contributed by atoms with Crippen molar-refractivity contribution in [2.75, 3.05) is 6.16 Å². The maximum atomic E-state index is 13.2. The Morgan fingerprint density at radius 3 is 1.59 bits per heavy atom. The van der Waals surface area contributed by atoms with E-state index in [9.17, 15) is 4.79 Å². The quantitative estimate of drug-likeness (QED) is 0.329. The molecule has 142 valence electrons. The molecule has 0 spiro atoms. The van der Waals surface area contributed by atoms with Gasteiger partial charge in [-0.25, -0.2) is 0 Å². The second kappa shape index (κ2) is 8.86. The van der Waals surface area contributed by atoms with Gasteiger partial charge in [-0.1, -0.05) is 54.6 Å². The zero-order valence-corrected chi connectivity index (χ0v) is 16.9. The van der Waals surface area contributed by atoms with Crippen molar-refractivity contribution in [3.05, 3.63) is 121 Å². The van der Waals surface area contributed by atoms with E-state index in [0.717, 1.165) is 0 Å². The molecule has 29 heavy (non-hydrogen) atoms. The third kappa shape index (κ3) is 4.13. The Balaban J connectivity index is 1.85. The molecule has 3 aromatic carbocycles. The lowest BCUT2D eigenvalue weighted by molar-refractivity contribution is -0.112. The van der Waals surface area contributed by atoms with Crippen molar-refractivity contribution in [2.45, 2.75) is 0 Å². The highest BCUT2D eigenvalue weighted by Gasteiger charge is 2.46. The first-order valence-electron chi connectivity index (χ1n) is 9.58. The molecule has 0 saturated carbocycles. The SMILES string of the molecule is O=C(C=Cc1ccco1)C[P+](c1ccccc1)(c1ccccc1)c1ccccc1. The zero-order chi connectivity index (χ0) is 19.9. The van der Waals surface area contributed by atoms with Gasteiger partial charge in [-0.05, 0) is 60.7 Å². The first kappa shape index (κ1) is 19.1. The molecule has 0 saturated heterocycles. The molecule has 0 aliphatic carbocycles. The summed E-state index contributed by atoms with van der Waals surface area (Å²) in [5, 5.41) is 3.62. The van der Waals surface area contributed by atoms with Crippen molar-refractivity contribution in [2.24, 2.45) is 0 Å². The van der Waals surface area contributed by atoms with E-state index in [1.165, 1.54) is 15.9 Å². The largest absolute Gasteiger partial charge is 0.465 e. The second-order valence-electron chi connectivity index (χ2n) is 6.79. The zero-order valence-electron chi connectivity index (χ0n) is 16.0. The smallest absolute Gasteiger partial charge is 0.194 e. The lowest BCUT2D eigenvalue weighted by Crippen LogP contribution is -2.35. The fourth-order valence-electron chi connectivity index (χ4n) is 3.62. The number of allylic oxidation sites excluding steroid dienone is 1. The van der Waals surface area contributed by atoms with Crippen molar-refractivity contribution in [3.8, 4) is 0 Å². The molecule has 0 amide bonds. The summed E-state index contributed by atoms with van der Waals surface area (Å²) in [7, 11) is -2.15. The van der Waals surface area contributed by atoms with Crippen molar-refractivity contribution < 1.29 is 9.21 Å². The van der Waals surface area contributed by atoms with Crippen LogP contribution in [0.4, 0.5) is 0 Å². The fourth-order valence-corrected chi connectivity index (χ4v) is 7.67. The summed E-state index contributed by atoms with van der Waals surface area (Å²) >= 11 is 0. The standard InChI is InChI=1S/C26H22O2P/c27-22(18-19-23-11-10-20-28-23)21-29(24-12-4-1-5-13-24,25-14-6-2-7-15-25)26-16-8-3-9-17-26/h1-20H,21H2/q+1. The molecule has 3 heteroatoms. The second-order valence-corrected chi connectivity index (χ2v) is 10.3. The van der Waals surface area contributed by atoms with Gasteiger partial charge in [0.25, 0.3) is 0 Å². The van der Waals surface area contributed by atoms with Gasteiger partial charge in [0, 0.05) is 0 Å². The van der Waals surface area contributed by atoms with E-state index < -0.39 is 7.26 Å². The first-order valence-corrected chi connectivity index (χ1v) is 11.6. The normalized spacial score (nSPS) is 11.6. The highest BCUT2D eigenvalue weighted by molar-refractivity contribution is 7.96. The van der Waals surface area contributed by atoms with Crippen molar-refractivity contribution in [1.29, 1.82) is 0 Å². The molecule has 1 heterocycles. The van der Waals surface area contributed by atoms with E-state index in [0.29, 0.717) is 11.9 Å². The van der Waals surface area contributed by atoms with Gasteiger partial charge in [0.15, 0.2) is 5.78 Å². The van der Waals surface area contributed by atoms with Gasteiger partial charge in [0.1, 0.15) is 35.1 Å². The van der Waals surface area contributed by atoms with Gasteiger partial charge in [-0.2, -0.15) is 0 Å². The maximum absolute atomic E-state index is 13.2. The summed E-state index contributed by atoms with van der Waals surface area (Å²) in [6.45, 7) is 0. The van der Waals surface area contributed by atoms with E-state index in [4.69, 9.17) is 4.42 Å². The third-order valence-electron chi connectivity index (χ3n) is 4.96. The van der Waals surface area contributed by atoms with Crippen LogP contribution in [0, 0.1) is 0 Å². The average molecular weight is 397 g/mol. The van der Waals surface area contributed by atoms with Gasteiger partial charge in [0.2, 0.25) is 0 Å². The number of rotatable bonds is 7. The Bertz CT molecular complexity index is 973. The predicted octanol–water partition coefficient (Wildman–Crippen LogP) is 4.86. The lowest BCUT2D eigenvalue weighted by atomic mass is 10.3. The Kier molecular flexibility index (Phi) is 5.84. The number of carbonyl (C=O) groups is 1. The molecule has 0 N–H and O–H groups in total. The number of carbonyl (C=O) groups excluding carboxylic acids is 1. The van der Waals surface area contributed by atoms with Gasteiger partial charge in [-0.15, -0.1) is 0 Å². The Morgan fingerprint density at radius 2 is 1.17 bits per heavy atom. The van der Waals surface area contributed by atoms with Gasteiger partial charge in [-0.3, -0.25) is 4.79 Å². The molecular formula is C26H22O2P+. The molecule has 1 aromatic heterocycles. The van der Waals surface area contributed by atoms with Crippen LogP contribution in [0.15, 0.2) is 120 Å². The number of hydrogen-bond donors (Lipinski definition) is 0. The third-order valence-corrected chi connectivity index (χ3v) is 9.29. The van der Waals surface area contributed by atoms with Crippen LogP contribution in [0.3, 0.4) is 0 Å². The molecule has 0 fully saturated rings. The monoisotopic (exact) mass is 397 g/mol.